The van der Waals surface area contributed by atoms with Crippen LogP contribution < -0.4 is 19.7 Å². The number of methoxy groups -OCH3 is 2. The maximum Gasteiger partial charge on any atom is 0.417 e. The Morgan fingerprint density at radius 1 is 1.07 bits per heavy atom. The second kappa shape index (κ2) is 9.10. The van der Waals surface area contributed by atoms with Gasteiger partial charge in [-0.2, -0.15) is 13.2 Å². The van der Waals surface area contributed by atoms with Crippen molar-refractivity contribution in [2.75, 3.05) is 45.3 Å². The van der Waals surface area contributed by atoms with Gasteiger partial charge in [-0.15, -0.1) is 0 Å². The van der Waals surface area contributed by atoms with Gasteiger partial charge >= 0.3 is 12.2 Å². The second-order valence-electron chi connectivity index (χ2n) is 6.72. The summed E-state index contributed by atoms with van der Waals surface area (Å²) >= 11 is 0. The molecule has 7 nitrogen and oxygen atoms in total. The van der Waals surface area contributed by atoms with Gasteiger partial charge in [-0.25, -0.2) is 9.78 Å². The topological polar surface area (TPSA) is 66.9 Å². The van der Waals surface area contributed by atoms with Gasteiger partial charge in [0.25, 0.3) is 0 Å². The van der Waals surface area contributed by atoms with E-state index < -0.39 is 11.7 Å². The van der Waals surface area contributed by atoms with Crippen LogP contribution in [0.3, 0.4) is 0 Å². The first-order valence-electron chi connectivity index (χ1n) is 9.33. The molecule has 1 aliphatic heterocycles. The van der Waals surface area contributed by atoms with Crippen molar-refractivity contribution in [1.29, 1.82) is 0 Å². The number of halogens is 3. The predicted molar refractivity (Wildman–Crippen MR) is 105 cm³/mol. The number of rotatable bonds is 5. The average Bonchev–Trinajstić information content (AvgIpc) is 2.76. The summed E-state index contributed by atoms with van der Waals surface area (Å²) in [4.78, 5) is 19.9. The zero-order valence-electron chi connectivity index (χ0n) is 16.7. The molecule has 0 saturated carbocycles. The standard InChI is InChI=1S/C20H23F3N4O3/c1-29-16-5-3-14(11-17(16)30-2)12-25-19(28)27-9-7-26(8-10-27)18-6-4-15(13-24-18)20(21,22)23/h3-6,11,13H,7-10,12H2,1-2H3,(H,25,28). The zero-order chi connectivity index (χ0) is 21.7. The highest BCUT2D eigenvalue weighted by Crippen LogP contribution is 2.29. The van der Waals surface area contributed by atoms with Gasteiger partial charge in [-0.1, -0.05) is 6.07 Å². The molecule has 1 saturated heterocycles. The summed E-state index contributed by atoms with van der Waals surface area (Å²) in [7, 11) is 3.10. The van der Waals surface area contributed by atoms with Crippen molar-refractivity contribution < 1.29 is 27.4 Å². The van der Waals surface area contributed by atoms with Gasteiger partial charge in [-0.3, -0.25) is 0 Å². The number of hydrogen-bond acceptors (Lipinski definition) is 5. The van der Waals surface area contributed by atoms with E-state index in [0.717, 1.165) is 17.8 Å². The van der Waals surface area contributed by atoms with Gasteiger partial charge < -0.3 is 24.6 Å². The van der Waals surface area contributed by atoms with Crippen molar-refractivity contribution in [2.45, 2.75) is 12.7 Å². The minimum Gasteiger partial charge on any atom is -0.493 e. The highest BCUT2D eigenvalue weighted by Gasteiger charge is 2.31. The van der Waals surface area contributed by atoms with Crippen LogP contribution in [0.4, 0.5) is 23.8 Å². The molecule has 1 fully saturated rings. The summed E-state index contributed by atoms with van der Waals surface area (Å²) in [5, 5.41) is 2.87. The molecule has 0 aliphatic carbocycles. The molecule has 3 rings (SSSR count). The quantitative estimate of drug-likeness (QED) is 0.799. The van der Waals surface area contributed by atoms with E-state index in [1.807, 2.05) is 11.0 Å². The van der Waals surface area contributed by atoms with E-state index in [1.54, 1.807) is 31.3 Å². The molecule has 30 heavy (non-hydrogen) atoms. The van der Waals surface area contributed by atoms with Gasteiger partial charge in [-0.05, 0) is 29.8 Å². The first kappa shape index (κ1) is 21.5. The lowest BCUT2D eigenvalue weighted by Crippen LogP contribution is -2.51. The smallest absolute Gasteiger partial charge is 0.417 e. The number of urea groups is 1. The Labute approximate surface area is 172 Å². The first-order chi connectivity index (χ1) is 14.3. The van der Waals surface area contributed by atoms with Crippen molar-refractivity contribution >= 4 is 11.8 Å². The molecule has 0 bridgehead atoms. The summed E-state index contributed by atoms with van der Waals surface area (Å²) in [5.74, 6) is 1.66. The molecule has 0 spiro atoms. The van der Waals surface area contributed by atoms with Crippen molar-refractivity contribution in [3.05, 3.63) is 47.7 Å². The minimum atomic E-state index is -4.41. The van der Waals surface area contributed by atoms with E-state index in [0.29, 0.717) is 50.0 Å². The molecule has 0 radical (unpaired) electrons. The van der Waals surface area contributed by atoms with E-state index in [4.69, 9.17) is 9.47 Å². The number of anilines is 1. The molecule has 0 atom stereocenters. The molecular weight excluding hydrogens is 401 g/mol. The Hall–Kier alpha value is -3.17. The van der Waals surface area contributed by atoms with E-state index >= 15 is 0 Å². The number of aromatic nitrogens is 1. The van der Waals surface area contributed by atoms with Crippen LogP contribution in [0.15, 0.2) is 36.5 Å². The number of carbonyl (C=O) groups is 1. The van der Waals surface area contributed by atoms with Crippen LogP contribution >= 0.6 is 0 Å². The molecule has 10 heteroatoms. The number of ether oxygens (including phenoxy) is 2. The summed E-state index contributed by atoms with van der Waals surface area (Å²) in [6.45, 7) is 2.20. The van der Waals surface area contributed by atoms with Crippen molar-refractivity contribution in [1.82, 2.24) is 15.2 Å². The fourth-order valence-electron chi connectivity index (χ4n) is 3.16. The van der Waals surface area contributed by atoms with E-state index in [1.165, 1.54) is 6.07 Å². The minimum absolute atomic E-state index is 0.204. The van der Waals surface area contributed by atoms with E-state index in [-0.39, 0.29) is 6.03 Å². The Morgan fingerprint density at radius 3 is 2.33 bits per heavy atom. The Bertz CT molecular complexity index is 867. The molecule has 2 heterocycles. The van der Waals surface area contributed by atoms with Crippen LogP contribution in [-0.2, 0) is 12.7 Å². The van der Waals surface area contributed by atoms with Crippen LogP contribution in [0.5, 0.6) is 11.5 Å². The van der Waals surface area contributed by atoms with Crippen molar-refractivity contribution in [3.63, 3.8) is 0 Å². The summed E-state index contributed by atoms with van der Waals surface area (Å²) in [6, 6.07) is 7.59. The molecule has 1 aromatic carbocycles. The maximum atomic E-state index is 12.7. The third kappa shape index (κ3) is 5.05. The van der Waals surface area contributed by atoms with E-state index in [9.17, 15) is 18.0 Å². The molecule has 0 unspecified atom stereocenters. The van der Waals surface area contributed by atoms with Crippen molar-refractivity contribution in [3.8, 4) is 11.5 Å². The lowest BCUT2D eigenvalue weighted by atomic mass is 10.2. The number of pyridine rings is 1. The lowest BCUT2D eigenvalue weighted by molar-refractivity contribution is -0.137. The molecule has 1 aromatic heterocycles. The third-order valence-corrected chi connectivity index (χ3v) is 4.86. The number of benzene rings is 1. The molecular formula is C20H23F3N4O3. The normalized spacial score (nSPS) is 14.4. The van der Waals surface area contributed by atoms with Crippen LogP contribution in [0.25, 0.3) is 0 Å². The summed E-state index contributed by atoms with van der Waals surface area (Å²) < 4.78 is 48.4. The summed E-state index contributed by atoms with van der Waals surface area (Å²) in [6.07, 6.45) is -3.58. The number of alkyl halides is 3. The Kier molecular flexibility index (Phi) is 6.53. The monoisotopic (exact) mass is 424 g/mol. The Balaban J connectivity index is 1.50. The molecule has 2 aromatic rings. The SMILES string of the molecule is COc1ccc(CNC(=O)N2CCN(c3ccc(C(F)(F)F)cn3)CC2)cc1OC. The van der Waals surface area contributed by atoms with Crippen LogP contribution in [0.1, 0.15) is 11.1 Å². The van der Waals surface area contributed by atoms with Crippen LogP contribution in [0.2, 0.25) is 0 Å². The number of nitrogens with one attached hydrogen (secondary N) is 1. The second-order valence-corrected chi connectivity index (χ2v) is 6.72. The van der Waals surface area contributed by atoms with Crippen LogP contribution in [0, 0.1) is 0 Å². The van der Waals surface area contributed by atoms with Crippen LogP contribution in [-0.4, -0.2) is 56.3 Å². The van der Waals surface area contributed by atoms with Gasteiger partial charge in [0.2, 0.25) is 0 Å². The molecule has 1 N–H and O–H groups in total. The highest BCUT2D eigenvalue weighted by molar-refractivity contribution is 5.74. The van der Waals surface area contributed by atoms with Crippen molar-refractivity contribution in [2.24, 2.45) is 0 Å². The molecule has 2 amide bonds. The maximum absolute atomic E-state index is 12.7. The number of nitrogens with zero attached hydrogens (tertiary/aromatic N) is 3. The fraction of sp³-hybridized carbons (Fsp3) is 0.400. The lowest BCUT2D eigenvalue weighted by Gasteiger charge is -2.35. The predicted octanol–water partition coefficient (Wildman–Crippen LogP) is 3.15. The fourth-order valence-corrected chi connectivity index (χ4v) is 3.16. The summed E-state index contributed by atoms with van der Waals surface area (Å²) in [5.41, 5.74) is 0.0908. The number of piperazine rings is 1. The van der Waals surface area contributed by atoms with Gasteiger partial charge in [0.15, 0.2) is 11.5 Å². The Morgan fingerprint density at radius 2 is 1.77 bits per heavy atom. The van der Waals surface area contributed by atoms with Gasteiger partial charge in [0, 0.05) is 38.9 Å². The zero-order valence-corrected chi connectivity index (χ0v) is 16.7. The highest BCUT2D eigenvalue weighted by atomic mass is 19.4. The molecule has 1 aliphatic rings. The number of amides is 2. The number of hydrogen-bond donors (Lipinski definition) is 1. The van der Waals surface area contributed by atoms with Gasteiger partial charge in [0.1, 0.15) is 5.82 Å². The third-order valence-electron chi connectivity index (χ3n) is 4.86. The average molecular weight is 424 g/mol. The van der Waals surface area contributed by atoms with E-state index in [2.05, 4.69) is 10.3 Å². The molecule has 162 valence electrons. The largest absolute Gasteiger partial charge is 0.493 e. The van der Waals surface area contributed by atoms with Gasteiger partial charge in [0.05, 0.1) is 19.8 Å². The first-order valence-corrected chi connectivity index (χ1v) is 9.33. The number of carbonyl (C=O) groups excluding carboxylic acids is 1.